The number of hydrogen-bond donors (Lipinski definition) is 1. The molecule has 2 nitrogen and oxygen atoms in total. The average molecular weight is 152 g/mol. The molecule has 0 aromatic carbocycles. The van der Waals surface area contributed by atoms with Crippen molar-refractivity contribution in [1.29, 1.82) is 5.26 Å². The van der Waals surface area contributed by atoms with Crippen molar-refractivity contribution in [3.8, 4) is 6.07 Å². The summed E-state index contributed by atoms with van der Waals surface area (Å²) >= 11 is 0. The van der Waals surface area contributed by atoms with Crippen molar-refractivity contribution >= 4 is 0 Å². The van der Waals surface area contributed by atoms with E-state index in [-0.39, 0.29) is 11.5 Å². The molecule has 2 heteroatoms. The highest BCUT2D eigenvalue weighted by molar-refractivity contribution is 5.10. The van der Waals surface area contributed by atoms with Gasteiger partial charge in [-0.2, -0.15) is 5.26 Å². The van der Waals surface area contributed by atoms with Crippen LogP contribution in [0.25, 0.3) is 0 Å². The fourth-order valence-electron chi connectivity index (χ4n) is 1.71. The van der Waals surface area contributed by atoms with Gasteiger partial charge in [-0.1, -0.05) is 19.8 Å². The van der Waals surface area contributed by atoms with Crippen LogP contribution < -0.4 is 5.73 Å². The minimum Gasteiger partial charge on any atom is -0.326 e. The first-order valence-corrected chi connectivity index (χ1v) is 4.42. The van der Waals surface area contributed by atoms with Gasteiger partial charge in [-0.05, 0) is 19.3 Å². The Morgan fingerprint density at radius 1 is 1.64 bits per heavy atom. The number of nitriles is 1. The normalized spacial score (nSPS) is 23.4. The molecular weight excluding hydrogens is 136 g/mol. The Hall–Kier alpha value is -0.550. The van der Waals surface area contributed by atoms with Crippen molar-refractivity contribution in [2.45, 2.75) is 45.1 Å². The Bertz CT molecular complexity index is 165. The van der Waals surface area contributed by atoms with Gasteiger partial charge in [0.05, 0.1) is 11.5 Å². The van der Waals surface area contributed by atoms with Crippen LogP contribution in [0.15, 0.2) is 0 Å². The third-order valence-electron chi connectivity index (χ3n) is 2.78. The SMILES string of the molecule is CCCC(N)C1(C#N)CCC1. The fraction of sp³-hybridized carbons (Fsp3) is 0.889. The van der Waals surface area contributed by atoms with Gasteiger partial charge in [0.1, 0.15) is 0 Å². The van der Waals surface area contributed by atoms with E-state index in [1.807, 2.05) is 0 Å². The average Bonchev–Trinajstić information content (AvgIpc) is 1.87. The van der Waals surface area contributed by atoms with Crippen molar-refractivity contribution in [3.05, 3.63) is 0 Å². The lowest BCUT2D eigenvalue weighted by atomic mass is 9.64. The molecule has 0 bridgehead atoms. The summed E-state index contributed by atoms with van der Waals surface area (Å²) < 4.78 is 0. The van der Waals surface area contributed by atoms with E-state index in [1.54, 1.807) is 0 Å². The molecule has 11 heavy (non-hydrogen) atoms. The topological polar surface area (TPSA) is 49.8 Å². The first kappa shape index (κ1) is 8.55. The van der Waals surface area contributed by atoms with Crippen molar-refractivity contribution < 1.29 is 0 Å². The van der Waals surface area contributed by atoms with Crippen LogP contribution in [-0.4, -0.2) is 6.04 Å². The molecule has 1 aliphatic carbocycles. The van der Waals surface area contributed by atoms with Crippen molar-refractivity contribution in [2.75, 3.05) is 0 Å². The highest BCUT2D eigenvalue weighted by Gasteiger charge is 2.42. The number of nitrogens with zero attached hydrogens (tertiary/aromatic N) is 1. The third-order valence-corrected chi connectivity index (χ3v) is 2.78. The van der Waals surface area contributed by atoms with Gasteiger partial charge in [-0.3, -0.25) is 0 Å². The van der Waals surface area contributed by atoms with Gasteiger partial charge in [-0.25, -0.2) is 0 Å². The highest BCUT2D eigenvalue weighted by Crippen LogP contribution is 2.43. The van der Waals surface area contributed by atoms with Gasteiger partial charge in [-0.15, -0.1) is 0 Å². The molecule has 1 unspecified atom stereocenters. The molecule has 62 valence electrons. The molecule has 1 aliphatic rings. The van der Waals surface area contributed by atoms with Crippen LogP contribution in [0.1, 0.15) is 39.0 Å². The molecule has 0 heterocycles. The Morgan fingerprint density at radius 3 is 2.55 bits per heavy atom. The Kier molecular flexibility index (Phi) is 2.51. The molecule has 1 rings (SSSR count). The summed E-state index contributed by atoms with van der Waals surface area (Å²) in [6.45, 7) is 2.11. The lowest BCUT2D eigenvalue weighted by Gasteiger charge is -2.40. The van der Waals surface area contributed by atoms with Gasteiger partial charge >= 0.3 is 0 Å². The van der Waals surface area contributed by atoms with Crippen LogP contribution in [0.3, 0.4) is 0 Å². The molecule has 0 saturated heterocycles. The van der Waals surface area contributed by atoms with Crippen LogP contribution in [0.4, 0.5) is 0 Å². The van der Waals surface area contributed by atoms with E-state index in [9.17, 15) is 0 Å². The maximum atomic E-state index is 8.90. The Morgan fingerprint density at radius 2 is 2.27 bits per heavy atom. The summed E-state index contributed by atoms with van der Waals surface area (Å²) in [4.78, 5) is 0. The van der Waals surface area contributed by atoms with E-state index in [1.165, 1.54) is 6.42 Å². The Labute approximate surface area is 68.4 Å². The van der Waals surface area contributed by atoms with Crippen LogP contribution in [0, 0.1) is 16.7 Å². The van der Waals surface area contributed by atoms with Gasteiger partial charge in [0, 0.05) is 6.04 Å². The predicted octanol–water partition coefficient (Wildman–Crippen LogP) is 1.81. The van der Waals surface area contributed by atoms with E-state index in [2.05, 4.69) is 13.0 Å². The zero-order valence-electron chi connectivity index (χ0n) is 7.14. The molecule has 0 aliphatic heterocycles. The van der Waals surface area contributed by atoms with Gasteiger partial charge in [0.25, 0.3) is 0 Å². The molecule has 0 amide bonds. The molecular formula is C9H16N2. The number of hydrogen-bond acceptors (Lipinski definition) is 2. The van der Waals surface area contributed by atoms with E-state index in [4.69, 9.17) is 11.0 Å². The summed E-state index contributed by atoms with van der Waals surface area (Å²) in [7, 11) is 0. The molecule has 0 radical (unpaired) electrons. The van der Waals surface area contributed by atoms with Gasteiger partial charge < -0.3 is 5.73 Å². The third kappa shape index (κ3) is 1.39. The second-order valence-electron chi connectivity index (χ2n) is 3.52. The van der Waals surface area contributed by atoms with E-state index >= 15 is 0 Å². The summed E-state index contributed by atoms with van der Waals surface area (Å²) in [5.41, 5.74) is 5.77. The molecule has 0 aromatic heterocycles. The fourth-order valence-corrected chi connectivity index (χ4v) is 1.71. The molecule has 1 fully saturated rings. The maximum absolute atomic E-state index is 8.90. The highest BCUT2D eigenvalue weighted by atomic mass is 14.7. The largest absolute Gasteiger partial charge is 0.326 e. The predicted molar refractivity (Wildman–Crippen MR) is 44.8 cm³/mol. The van der Waals surface area contributed by atoms with Crippen LogP contribution >= 0.6 is 0 Å². The van der Waals surface area contributed by atoms with Gasteiger partial charge in [0.15, 0.2) is 0 Å². The molecule has 2 N–H and O–H groups in total. The first-order valence-electron chi connectivity index (χ1n) is 4.42. The zero-order chi connectivity index (χ0) is 8.32. The van der Waals surface area contributed by atoms with Crippen LogP contribution in [0.2, 0.25) is 0 Å². The maximum Gasteiger partial charge on any atom is 0.0724 e. The summed E-state index contributed by atoms with van der Waals surface area (Å²) in [5.74, 6) is 0. The van der Waals surface area contributed by atoms with Crippen LogP contribution in [0.5, 0.6) is 0 Å². The second kappa shape index (κ2) is 3.23. The zero-order valence-corrected chi connectivity index (χ0v) is 7.14. The van der Waals surface area contributed by atoms with Crippen molar-refractivity contribution in [1.82, 2.24) is 0 Å². The molecule has 1 saturated carbocycles. The number of nitrogens with two attached hydrogens (primary N) is 1. The molecule has 0 spiro atoms. The monoisotopic (exact) mass is 152 g/mol. The summed E-state index contributed by atoms with van der Waals surface area (Å²) in [6.07, 6.45) is 5.30. The Balaban J connectivity index is 2.49. The smallest absolute Gasteiger partial charge is 0.0724 e. The van der Waals surface area contributed by atoms with Crippen molar-refractivity contribution in [3.63, 3.8) is 0 Å². The minimum absolute atomic E-state index is 0.117. The van der Waals surface area contributed by atoms with Crippen molar-refractivity contribution in [2.24, 2.45) is 11.1 Å². The lowest BCUT2D eigenvalue weighted by Crippen LogP contribution is -2.45. The lowest BCUT2D eigenvalue weighted by molar-refractivity contribution is 0.161. The van der Waals surface area contributed by atoms with E-state index in [0.717, 1.165) is 25.7 Å². The number of rotatable bonds is 3. The second-order valence-corrected chi connectivity index (χ2v) is 3.52. The van der Waals surface area contributed by atoms with Crippen LogP contribution in [-0.2, 0) is 0 Å². The summed E-state index contributed by atoms with van der Waals surface area (Å²) in [5, 5.41) is 8.90. The molecule has 0 aromatic rings. The molecule has 1 atom stereocenters. The summed E-state index contributed by atoms with van der Waals surface area (Å²) in [6, 6.07) is 2.49. The first-order chi connectivity index (χ1) is 5.25. The van der Waals surface area contributed by atoms with E-state index in [0.29, 0.717) is 0 Å². The van der Waals surface area contributed by atoms with E-state index < -0.39 is 0 Å². The quantitative estimate of drug-likeness (QED) is 0.670. The minimum atomic E-state index is -0.143. The standard InChI is InChI=1S/C9H16N2/c1-2-4-8(11)9(7-10)5-3-6-9/h8H,2-6,11H2,1H3. The van der Waals surface area contributed by atoms with Gasteiger partial charge in [0.2, 0.25) is 0 Å².